The smallest absolute Gasteiger partial charge is 0.337 e. The van der Waals surface area contributed by atoms with Crippen molar-refractivity contribution in [2.75, 3.05) is 6.54 Å². The number of fused-ring (bicyclic) bond motifs is 1. The molecule has 0 bridgehead atoms. The quantitative estimate of drug-likeness (QED) is 0.931. The Morgan fingerprint density at radius 1 is 1.40 bits per heavy atom. The van der Waals surface area contributed by atoms with E-state index in [-0.39, 0.29) is 10.6 Å². The van der Waals surface area contributed by atoms with Crippen LogP contribution in [0.4, 0.5) is 0 Å². The van der Waals surface area contributed by atoms with E-state index in [1.807, 2.05) is 4.68 Å². The van der Waals surface area contributed by atoms with Crippen LogP contribution in [-0.2, 0) is 19.6 Å². The number of carbonyl (C=O) groups is 1. The molecule has 0 amide bonds. The molecule has 0 aliphatic carbocycles. The molecule has 0 atom stereocenters. The zero-order valence-electron chi connectivity index (χ0n) is 10.7. The lowest BCUT2D eigenvalue weighted by Gasteiger charge is -2.26. The number of carboxylic acid groups (broad SMARTS) is 1. The minimum Gasteiger partial charge on any atom is -0.478 e. The monoisotopic (exact) mass is 292 g/mol. The number of hydrogen-bond donors (Lipinski definition) is 1. The van der Waals surface area contributed by atoms with Crippen LogP contribution in [0.2, 0.25) is 5.02 Å². The second-order valence-electron chi connectivity index (χ2n) is 4.73. The minimum absolute atomic E-state index is 0.133. The first kappa shape index (κ1) is 13.1. The van der Waals surface area contributed by atoms with E-state index in [2.05, 4.69) is 15.0 Å². The van der Waals surface area contributed by atoms with Gasteiger partial charge in [0.2, 0.25) is 0 Å². The second kappa shape index (κ2) is 5.22. The van der Waals surface area contributed by atoms with Crippen LogP contribution in [-0.4, -0.2) is 37.3 Å². The van der Waals surface area contributed by atoms with Gasteiger partial charge in [-0.2, -0.15) is 5.10 Å². The number of rotatable bonds is 3. The number of nitrogens with zero attached hydrogens (tertiary/aromatic N) is 4. The minimum atomic E-state index is -1.01. The van der Waals surface area contributed by atoms with Crippen molar-refractivity contribution in [2.45, 2.75) is 19.6 Å². The lowest BCUT2D eigenvalue weighted by Crippen LogP contribution is -2.33. The average Bonchev–Trinajstić information content (AvgIpc) is 2.85. The van der Waals surface area contributed by atoms with Gasteiger partial charge in [0.25, 0.3) is 0 Å². The Kier molecular flexibility index (Phi) is 3.42. The van der Waals surface area contributed by atoms with Gasteiger partial charge in [0.15, 0.2) is 0 Å². The first-order chi connectivity index (χ1) is 9.63. The molecular formula is C13H13ClN4O2. The maximum atomic E-state index is 10.9. The van der Waals surface area contributed by atoms with Crippen LogP contribution in [0.1, 0.15) is 21.7 Å². The van der Waals surface area contributed by atoms with Crippen molar-refractivity contribution in [1.29, 1.82) is 0 Å². The number of hydrogen-bond acceptors (Lipinski definition) is 4. The molecule has 2 aromatic rings. The summed E-state index contributed by atoms with van der Waals surface area (Å²) in [7, 11) is 0. The topological polar surface area (TPSA) is 71.2 Å². The molecule has 2 heterocycles. The fraction of sp³-hybridized carbons (Fsp3) is 0.308. The normalized spacial score (nSPS) is 15.1. The van der Waals surface area contributed by atoms with E-state index in [4.69, 9.17) is 16.7 Å². The van der Waals surface area contributed by atoms with E-state index < -0.39 is 5.97 Å². The molecule has 0 saturated heterocycles. The lowest BCUT2D eigenvalue weighted by molar-refractivity contribution is 0.0697. The van der Waals surface area contributed by atoms with Crippen LogP contribution >= 0.6 is 11.6 Å². The zero-order valence-corrected chi connectivity index (χ0v) is 11.4. The van der Waals surface area contributed by atoms with E-state index in [0.717, 1.165) is 31.0 Å². The average molecular weight is 293 g/mol. The van der Waals surface area contributed by atoms with Crippen molar-refractivity contribution in [2.24, 2.45) is 0 Å². The van der Waals surface area contributed by atoms with Gasteiger partial charge in [-0.15, -0.1) is 0 Å². The molecule has 20 heavy (non-hydrogen) atoms. The van der Waals surface area contributed by atoms with Crippen LogP contribution in [0.5, 0.6) is 0 Å². The van der Waals surface area contributed by atoms with Gasteiger partial charge in [-0.1, -0.05) is 17.7 Å². The predicted molar refractivity (Wildman–Crippen MR) is 72.5 cm³/mol. The summed E-state index contributed by atoms with van der Waals surface area (Å²) < 4.78 is 1.90. The fourth-order valence-corrected chi connectivity index (χ4v) is 2.62. The van der Waals surface area contributed by atoms with E-state index in [9.17, 15) is 4.79 Å². The Hall–Kier alpha value is -1.92. The van der Waals surface area contributed by atoms with E-state index >= 15 is 0 Å². The number of aromatic nitrogens is 3. The van der Waals surface area contributed by atoms with Crippen molar-refractivity contribution in [3.05, 3.63) is 46.5 Å². The molecule has 6 nitrogen and oxygen atoms in total. The molecule has 7 heteroatoms. The molecule has 0 saturated carbocycles. The van der Waals surface area contributed by atoms with E-state index in [1.54, 1.807) is 24.5 Å². The second-order valence-corrected chi connectivity index (χ2v) is 5.14. The molecule has 0 radical (unpaired) electrons. The number of carboxylic acids is 1. The molecule has 3 rings (SSSR count). The van der Waals surface area contributed by atoms with Crippen molar-refractivity contribution in [3.8, 4) is 0 Å². The molecule has 0 unspecified atom stereocenters. The SMILES string of the molecule is O=C(O)c1ccc(CN2CCn3ncnc3C2)cc1Cl. The zero-order chi connectivity index (χ0) is 14.1. The van der Waals surface area contributed by atoms with Gasteiger partial charge in [-0.25, -0.2) is 14.5 Å². The van der Waals surface area contributed by atoms with Crippen LogP contribution < -0.4 is 0 Å². The van der Waals surface area contributed by atoms with E-state index in [0.29, 0.717) is 6.54 Å². The van der Waals surface area contributed by atoms with Crippen molar-refractivity contribution < 1.29 is 9.90 Å². The highest BCUT2D eigenvalue weighted by Crippen LogP contribution is 2.20. The molecule has 0 fully saturated rings. The Labute approximate surface area is 120 Å². The number of aromatic carboxylic acids is 1. The fourth-order valence-electron chi connectivity index (χ4n) is 2.34. The van der Waals surface area contributed by atoms with Gasteiger partial charge in [0.05, 0.1) is 23.7 Å². The number of benzene rings is 1. The van der Waals surface area contributed by atoms with Crippen molar-refractivity contribution in [3.63, 3.8) is 0 Å². The van der Waals surface area contributed by atoms with Crippen molar-refractivity contribution >= 4 is 17.6 Å². The highest BCUT2D eigenvalue weighted by Gasteiger charge is 2.18. The summed E-state index contributed by atoms with van der Waals surface area (Å²) in [6.45, 7) is 3.15. The first-order valence-electron chi connectivity index (χ1n) is 6.24. The lowest BCUT2D eigenvalue weighted by atomic mass is 10.1. The van der Waals surface area contributed by atoms with Gasteiger partial charge in [0.1, 0.15) is 12.2 Å². The Morgan fingerprint density at radius 2 is 2.25 bits per heavy atom. The van der Waals surface area contributed by atoms with Crippen molar-refractivity contribution in [1.82, 2.24) is 19.7 Å². The van der Waals surface area contributed by atoms with E-state index in [1.165, 1.54) is 0 Å². The molecule has 1 aliphatic heterocycles. The molecule has 1 aromatic heterocycles. The third kappa shape index (κ3) is 2.52. The van der Waals surface area contributed by atoms with Gasteiger partial charge >= 0.3 is 5.97 Å². The molecular weight excluding hydrogens is 280 g/mol. The summed E-state index contributed by atoms with van der Waals surface area (Å²) in [4.78, 5) is 17.4. The summed E-state index contributed by atoms with van der Waals surface area (Å²) in [5, 5.41) is 13.4. The highest BCUT2D eigenvalue weighted by atomic mass is 35.5. The maximum absolute atomic E-state index is 10.9. The standard InChI is InChI=1S/C13H13ClN4O2/c14-11-5-9(1-2-10(11)13(19)20)6-17-3-4-18-12(7-17)15-8-16-18/h1-2,5,8H,3-4,6-7H2,(H,19,20). The molecule has 1 aromatic carbocycles. The van der Waals surface area contributed by atoms with Gasteiger partial charge < -0.3 is 5.11 Å². The molecule has 1 N–H and O–H groups in total. The van der Waals surface area contributed by atoms with Crippen LogP contribution in [0.15, 0.2) is 24.5 Å². The summed E-state index contributed by atoms with van der Waals surface area (Å²) in [6.07, 6.45) is 1.57. The van der Waals surface area contributed by atoms with Gasteiger partial charge in [-0.3, -0.25) is 4.90 Å². The molecule has 0 spiro atoms. The predicted octanol–water partition coefficient (Wildman–Crippen LogP) is 1.65. The third-order valence-electron chi connectivity index (χ3n) is 3.36. The molecule has 1 aliphatic rings. The Bertz CT molecular complexity index is 656. The maximum Gasteiger partial charge on any atom is 0.337 e. The van der Waals surface area contributed by atoms with Gasteiger partial charge in [-0.05, 0) is 17.7 Å². The van der Waals surface area contributed by atoms with Gasteiger partial charge in [0, 0.05) is 13.1 Å². The summed E-state index contributed by atoms with van der Waals surface area (Å²) in [5.41, 5.74) is 1.13. The first-order valence-corrected chi connectivity index (χ1v) is 6.62. The number of halogens is 1. The highest BCUT2D eigenvalue weighted by molar-refractivity contribution is 6.33. The third-order valence-corrected chi connectivity index (χ3v) is 3.67. The largest absolute Gasteiger partial charge is 0.478 e. The summed E-state index contributed by atoms with van der Waals surface area (Å²) in [5.74, 6) is -0.0582. The summed E-state index contributed by atoms with van der Waals surface area (Å²) in [6, 6.07) is 5.06. The summed E-state index contributed by atoms with van der Waals surface area (Å²) >= 11 is 5.98. The van der Waals surface area contributed by atoms with Crippen LogP contribution in [0.25, 0.3) is 0 Å². The van der Waals surface area contributed by atoms with Crippen LogP contribution in [0.3, 0.4) is 0 Å². The molecule has 104 valence electrons. The Morgan fingerprint density at radius 3 is 3.00 bits per heavy atom. The van der Waals surface area contributed by atoms with Crippen LogP contribution in [0, 0.1) is 0 Å². The Balaban J connectivity index is 1.73.